The van der Waals surface area contributed by atoms with Gasteiger partial charge in [0, 0.05) is 11.4 Å². The van der Waals surface area contributed by atoms with Gasteiger partial charge in [-0.3, -0.25) is 0 Å². The van der Waals surface area contributed by atoms with Gasteiger partial charge in [0.1, 0.15) is 11.9 Å². The number of hydrogen-bond donors (Lipinski definition) is 0. The summed E-state index contributed by atoms with van der Waals surface area (Å²) in [6.45, 7) is 0. The first-order valence-electron chi connectivity index (χ1n) is 6.27. The molecule has 2 aromatic rings. The number of para-hydroxylation sites is 1. The quantitative estimate of drug-likeness (QED) is 0.772. The lowest BCUT2D eigenvalue weighted by Gasteiger charge is -2.35. The third kappa shape index (κ3) is 2.18. The molecule has 102 valence electrons. The Balaban J connectivity index is 2.15. The molecule has 4 heteroatoms. The van der Waals surface area contributed by atoms with E-state index >= 15 is 0 Å². The molecule has 20 heavy (non-hydrogen) atoms. The Morgan fingerprint density at radius 2 is 1.80 bits per heavy atom. The fourth-order valence-electron chi connectivity index (χ4n) is 2.43. The molecule has 0 bridgehead atoms. The lowest BCUT2D eigenvalue weighted by Crippen LogP contribution is -2.37. The molecule has 1 aliphatic rings. The molecule has 0 radical (unpaired) electrons. The van der Waals surface area contributed by atoms with E-state index in [1.54, 1.807) is 24.3 Å². The number of rotatable bonds is 2. The van der Waals surface area contributed by atoms with Crippen LogP contribution in [0, 0.1) is 5.82 Å². The molecule has 0 amide bonds. The highest BCUT2D eigenvalue weighted by molar-refractivity contribution is 5.78. The largest absolute Gasteiger partial charge is 0.328 e. The Bertz CT molecular complexity index is 652. The van der Waals surface area contributed by atoms with Crippen molar-refractivity contribution < 1.29 is 13.2 Å². The summed E-state index contributed by atoms with van der Waals surface area (Å²) in [5.74, 6) is -0.442. The summed E-state index contributed by atoms with van der Waals surface area (Å²) >= 11 is 0. The highest BCUT2D eigenvalue weighted by Crippen LogP contribution is 2.37. The monoisotopic (exact) mass is 275 g/mol. The molecule has 2 aromatic carbocycles. The number of halogens is 3. The van der Waals surface area contributed by atoms with Gasteiger partial charge in [-0.05, 0) is 29.8 Å². The smallest absolute Gasteiger partial charge is 0.262 e. The predicted octanol–water partition coefficient (Wildman–Crippen LogP) is 4.62. The van der Waals surface area contributed by atoms with Crippen LogP contribution >= 0.6 is 0 Å². The van der Waals surface area contributed by atoms with Crippen LogP contribution in [0.4, 0.5) is 24.5 Å². The molecule has 0 saturated carbocycles. The van der Waals surface area contributed by atoms with Crippen LogP contribution in [0.15, 0.2) is 54.6 Å². The van der Waals surface area contributed by atoms with Crippen molar-refractivity contribution in [3.05, 3.63) is 66.0 Å². The normalized spacial score (nSPS) is 17.4. The molecule has 0 aliphatic carbocycles. The number of hydrogen-bond acceptors (Lipinski definition) is 1. The van der Waals surface area contributed by atoms with E-state index in [9.17, 15) is 13.2 Å². The number of alkyl halides is 2. The predicted molar refractivity (Wildman–Crippen MR) is 73.8 cm³/mol. The molecule has 0 fully saturated rings. The van der Waals surface area contributed by atoms with Crippen LogP contribution < -0.4 is 4.90 Å². The summed E-state index contributed by atoms with van der Waals surface area (Å²) < 4.78 is 39.9. The van der Waals surface area contributed by atoms with Crippen molar-refractivity contribution in [1.82, 2.24) is 0 Å². The van der Waals surface area contributed by atoms with Gasteiger partial charge in [0.15, 0.2) is 0 Å². The van der Waals surface area contributed by atoms with Crippen molar-refractivity contribution >= 4 is 17.5 Å². The van der Waals surface area contributed by atoms with Crippen LogP contribution in [0.1, 0.15) is 5.56 Å². The van der Waals surface area contributed by atoms with E-state index in [4.69, 9.17) is 0 Å². The molecular formula is C16H12F3N. The topological polar surface area (TPSA) is 3.24 Å². The van der Waals surface area contributed by atoms with Gasteiger partial charge in [0.05, 0.1) is 0 Å². The van der Waals surface area contributed by atoms with E-state index in [-0.39, 0.29) is 0 Å². The molecule has 0 aromatic heterocycles. The maximum atomic E-state index is 13.4. The maximum absolute atomic E-state index is 13.4. The third-order valence-corrected chi connectivity index (χ3v) is 3.31. The van der Waals surface area contributed by atoms with E-state index < -0.39 is 18.3 Å². The van der Waals surface area contributed by atoms with E-state index in [0.717, 1.165) is 5.56 Å². The average molecular weight is 275 g/mol. The molecule has 0 N–H and O–H groups in total. The summed E-state index contributed by atoms with van der Waals surface area (Å²) in [5.41, 5.74) is 1.92. The van der Waals surface area contributed by atoms with Gasteiger partial charge in [0.25, 0.3) is 6.43 Å². The van der Waals surface area contributed by atoms with Crippen molar-refractivity contribution in [1.29, 1.82) is 0 Å². The Labute approximate surface area is 115 Å². The van der Waals surface area contributed by atoms with Gasteiger partial charge in [-0.1, -0.05) is 36.4 Å². The van der Waals surface area contributed by atoms with Crippen molar-refractivity contribution in [3.8, 4) is 0 Å². The fraction of sp³-hybridized carbons (Fsp3) is 0.125. The lowest BCUT2D eigenvalue weighted by atomic mass is 10.0. The summed E-state index contributed by atoms with van der Waals surface area (Å²) in [7, 11) is 0. The van der Waals surface area contributed by atoms with Crippen LogP contribution in [0.2, 0.25) is 0 Å². The second kappa shape index (κ2) is 5.04. The highest BCUT2D eigenvalue weighted by Gasteiger charge is 2.30. The van der Waals surface area contributed by atoms with E-state index in [1.165, 1.54) is 29.2 Å². The number of anilines is 2. The van der Waals surface area contributed by atoms with Crippen LogP contribution in [-0.2, 0) is 0 Å². The molecule has 3 rings (SSSR count). The summed E-state index contributed by atoms with van der Waals surface area (Å²) in [4.78, 5) is 1.48. The van der Waals surface area contributed by atoms with Gasteiger partial charge in [0.2, 0.25) is 0 Å². The standard InChI is InChI=1S/C16H12F3N/c17-12-5-3-6-13(10-12)20-14-7-2-1-4-11(14)8-9-15(20)16(18)19/h1-10,15-16H. The molecule has 1 aliphatic heterocycles. The molecule has 0 saturated heterocycles. The van der Waals surface area contributed by atoms with Gasteiger partial charge in [-0.2, -0.15) is 0 Å². The fourth-order valence-corrected chi connectivity index (χ4v) is 2.43. The SMILES string of the molecule is Fc1cccc(N2c3ccccc3C=CC2C(F)F)c1. The molecule has 1 heterocycles. The number of nitrogens with zero attached hydrogens (tertiary/aromatic N) is 1. The Morgan fingerprint density at radius 3 is 2.55 bits per heavy atom. The van der Waals surface area contributed by atoms with Crippen LogP contribution in [0.5, 0.6) is 0 Å². The van der Waals surface area contributed by atoms with Gasteiger partial charge in [-0.25, -0.2) is 13.2 Å². The van der Waals surface area contributed by atoms with Crippen molar-refractivity contribution in [2.24, 2.45) is 0 Å². The number of fused-ring (bicyclic) bond motifs is 1. The third-order valence-electron chi connectivity index (χ3n) is 3.31. The minimum absolute atomic E-state index is 0.423. The van der Waals surface area contributed by atoms with Gasteiger partial charge < -0.3 is 4.90 Å². The summed E-state index contributed by atoms with van der Waals surface area (Å²) in [6, 6.07) is 11.9. The minimum atomic E-state index is -2.55. The first-order chi connectivity index (χ1) is 9.66. The van der Waals surface area contributed by atoms with Crippen LogP contribution in [0.3, 0.4) is 0 Å². The van der Waals surface area contributed by atoms with Crippen molar-refractivity contribution in [2.45, 2.75) is 12.5 Å². The zero-order chi connectivity index (χ0) is 14.1. The minimum Gasteiger partial charge on any atom is -0.328 e. The second-order valence-corrected chi connectivity index (χ2v) is 4.59. The zero-order valence-electron chi connectivity index (χ0n) is 10.5. The molecular weight excluding hydrogens is 263 g/mol. The molecule has 1 nitrogen and oxygen atoms in total. The zero-order valence-corrected chi connectivity index (χ0v) is 10.5. The number of benzene rings is 2. The Hall–Kier alpha value is -2.23. The van der Waals surface area contributed by atoms with E-state index in [2.05, 4.69) is 0 Å². The van der Waals surface area contributed by atoms with E-state index in [0.29, 0.717) is 11.4 Å². The average Bonchev–Trinajstić information content (AvgIpc) is 2.46. The van der Waals surface area contributed by atoms with Crippen molar-refractivity contribution in [3.63, 3.8) is 0 Å². The van der Waals surface area contributed by atoms with E-state index in [1.807, 2.05) is 12.1 Å². The first-order valence-corrected chi connectivity index (χ1v) is 6.27. The highest BCUT2D eigenvalue weighted by atomic mass is 19.3. The van der Waals surface area contributed by atoms with Crippen LogP contribution in [-0.4, -0.2) is 12.5 Å². The Morgan fingerprint density at radius 1 is 1.00 bits per heavy atom. The molecule has 0 spiro atoms. The van der Waals surface area contributed by atoms with Gasteiger partial charge in [-0.15, -0.1) is 0 Å². The Kier molecular flexibility index (Phi) is 3.22. The van der Waals surface area contributed by atoms with Crippen LogP contribution in [0.25, 0.3) is 6.08 Å². The van der Waals surface area contributed by atoms with Gasteiger partial charge >= 0.3 is 0 Å². The summed E-state index contributed by atoms with van der Waals surface area (Å²) in [5, 5.41) is 0. The second-order valence-electron chi connectivity index (χ2n) is 4.59. The van der Waals surface area contributed by atoms with Crippen molar-refractivity contribution in [2.75, 3.05) is 4.90 Å². The first kappa shape index (κ1) is 12.8. The molecule has 1 atom stereocenters. The lowest BCUT2D eigenvalue weighted by molar-refractivity contribution is 0.133. The molecule has 1 unspecified atom stereocenters. The summed E-state index contributed by atoms with van der Waals surface area (Å²) in [6.07, 6.45) is 0.586. The maximum Gasteiger partial charge on any atom is 0.262 e.